The summed E-state index contributed by atoms with van der Waals surface area (Å²) in [5.41, 5.74) is 2.66. The van der Waals surface area contributed by atoms with Gasteiger partial charge in [-0.15, -0.1) is 0 Å². The molecule has 3 aromatic rings. The number of piperidine rings is 1. The van der Waals surface area contributed by atoms with E-state index in [0.717, 1.165) is 35.4 Å². The van der Waals surface area contributed by atoms with Crippen molar-refractivity contribution >= 4 is 22.9 Å². The summed E-state index contributed by atoms with van der Waals surface area (Å²) in [6.07, 6.45) is 2.36. The molecule has 0 spiro atoms. The third kappa shape index (κ3) is 4.83. The fraction of sp³-hybridized carbons (Fsp3) is 0.348. The smallest absolute Gasteiger partial charge is 0.224 e. The highest BCUT2D eigenvalue weighted by Crippen LogP contribution is 2.30. The Kier molecular flexibility index (Phi) is 5.89. The minimum absolute atomic E-state index is 0.0568. The summed E-state index contributed by atoms with van der Waals surface area (Å²) in [7, 11) is 0. The average molecular weight is 391 g/mol. The van der Waals surface area contributed by atoms with E-state index in [9.17, 15) is 9.59 Å². The van der Waals surface area contributed by atoms with E-state index < -0.39 is 0 Å². The molecule has 0 aliphatic carbocycles. The summed E-state index contributed by atoms with van der Waals surface area (Å²) in [6.45, 7) is 1.76. The molecule has 1 aliphatic rings. The van der Waals surface area contributed by atoms with Crippen LogP contribution in [0.5, 0.6) is 0 Å². The number of hydrogen-bond acceptors (Lipinski definition) is 4. The van der Waals surface area contributed by atoms with Gasteiger partial charge >= 0.3 is 0 Å². The van der Waals surface area contributed by atoms with Crippen LogP contribution < -0.4 is 5.32 Å². The van der Waals surface area contributed by atoms with Crippen LogP contribution in [0.4, 0.5) is 0 Å². The zero-order chi connectivity index (χ0) is 20.1. The molecule has 6 nitrogen and oxygen atoms in total. The molecule has 1 aliphatic heterocycles. The second-order valence-corrected chi connectivity index (χ2v) is 7.44. The molecule has 1 aromatic heterocycles. The van der Waals surface area contributed by atoms with Crippen molar-refractivity contribution in [2.24, 2.45) is 0 Å². The van der Waals surface area contributed by atoms with Gasteiger partial charge in [0, 0.05) is 32.0 Å². The monoisotopic (exact) mass is 391 g/mol. The molecule has 2 aromatic carbocycles. The zero-order valence-corrected chi connectivity index (χ0v) is 16.3. The molecule has 29 heavy (non-hydrogen) atoms. The van der Waals surface area contributed by atoms with Crippen LogP contribution >= 0.6 is 0 Å². The number of oxazole rings is 1. The maximum atomic E-state index is 12.5. The Balaban J connectivity index is 1.20. The predicted molar refractivity (Wildman–Crippen MR) is 110 cm³/mol. The van der Waals surface area contributed by atoms with E-state index in [-0.39, 0.29) is 17.7 Å². The predicted octanol–water partition coefficient (Wildman–Crippen LogP) is 3.28. The maximum Gasteiger partial charge on any atom is 0.224 e. The van der Waals surface area contributed by atoms with Gasteiger partial charge in [0.25, 0.3) is 0 Å². The van der Waals surface area contributed by atoms with Crippen LogP contribution in [0.15, 0.2) is 59.0 Å². The van der Waals surface area contributed by atoms with Crippen molar-refractivity contribution in [1.82, 2.24) is 15.2 Å². The molecule has 0 radical (unpaired) electrons. The molecule has 2 amide bonds. The molecular formula is C23H25N3O3. The molecule has 1 N–H and O–H groups in total. The lowest BCUT2D eigenvalue weighted by atomic mass is 9.96. The lowest BCUT2D eigenvalue weighted by molar-refractivity contribution is -0.132. The van der Waals surface area contributed by atoms with Crippen LogP contribution in [-0.4, -0.2) is 41.3 Å². The lowest BCUT2D eigenvalue weighted by Gasteiger charge is -2.30. The van der Waals surface area contributed by atoms with Crippen LogP contribution in [0.2, 0.25) is 0 Å². The molecule has 4 rings (SSSR count). The molecule has 0 unspecified atom stereocenters. The molecule has 2 heterocycles. The Labute approximate surface area is 169 Å². The first kappa shape index (κ1) is 19.2. The summed E-state index contributed by atoms with van der Waals surface area (Å²) in [5.74, 6) is 1.04. The fourth-order valence-corrected chi connectivity index (χ4v) is 3.75. The van der Waals surface area contributed by atoms with Crippen LogP contribution in [0, 0.1) is 0 Å². The number of amides is 2. The Hall–Kier alpha value is -3.15. The van der Waals surface area contributed by atoms with E-state index in [1.807, 2.05) is 59.5 Å². The number of benzene rings is 2. The third-order valence-electron chi connectivity index (χ3n) is 5.38. The lowest BCUT2D eigenvalue weighted by Crippen LogP contribution is -2.39. The zero-order valence-electron chi connectivity index (χ0n) is 16.3. The van der Waals surface area contributed by atoms with Gasteiger partial charge in [0.05, 0.1) is 6.42 Å². The van der Waals surface area contributed by atoms with Gasteiger partial charge < -0.3 is 14.6 Å². The van der Waals surface area contributed by atoms with Gasteiger partial charge in [0.15, 0.2) is 11.5 Å². The Morgan fingerprint density at radius 2 is 1.76 bits per heavy atom. The number of likely N-dealkylation sites (tertiary alicyclic amines) is 1. The number of carbonyl (C=O) groups is 2. The first-order chi connectivity index (χ1) is 14.2. The molecule has 150 valence electrons. The SMILES string of the molecule is O=C(Cc1ccccc1)NCCC(=O)N1CCC(c2nc3ccccc3o2)CC1. The van der Waals surface area contributed by atoms with Gasteiger partial charge in [-0.2, -0.15) is 0 Å². The van der Waals surface area contributed by atoms with E-state index in [1.54, 1.807) is 0 Å². The van der Waals surface area contributed by atoms with E-state index in [1.165, 1.54) is 0 Å². The van der Waals surface area contributed by atoms with Crippen molar-refractivity contribution < 1.29 is 14.0 Å². The standard InChI is InChI=1S/C23H25N3O3/c27-21(16-17-6-2-1-3-7-17)24-13-10-22(28)26-14-11-18(12-15-26)23-25-19-8-4-5-9-20(19)29-23/h1-9,18H,10-16H2,(H,24,27). The first-order valence-electron chi connectivity index (χ1n) is 10.1. The van der Waals surface area contributed by atoms with E-state index in [2.05, 4.69) is 10.3 Å². The van der Waals surface area contributed by atoms with Crippen LogP contribution in [0.25, 0.3) is 11.1 Å². The minimum atomic E-state index is -0.0568. The van der Waals surface area contributed by atoms with Crippen LogP contribution in [0.1, 0.15) is 36.6 Å². The van der Waals surface area contributed by atoms with Gasteiger partial charge in [-0.25, -0.2) is 4.98 Å². The fourth-order valence-electron chi connectivity index (χ4n) is 3.75. The number of rotatable bonds is 6. The largest absolute Gasteiger partial charge is 0.440 e. The molecule has 0 atom stereocenters. The van der Waals surface area contributed by atoms with Gasteiger partial charge in [-0.05, 0) is 30.5 Å². The van der Waals surface area contributed by atoms with E-state index >= 15 is 0 Å². The Morgan fingerprint density at radius 3 is 2.52 bits per heavy atom. The van der Waals surface area contributed by atoms with Crippen molar-refractivity contribution in [1.29, 1.82) is 0 Å². The van der Waals surface area contributed by atoms with Crippen molar-refractivity contribution in [3.63, 3.8) is 0 Å². The minimum Gasteiger partial charge on any atom is -0.440 e. The molecule has 6 heteroatoms. The second-order valence-electron chi connectivity index (χ2n) is 7.44. The quantitative estimate of drug-likeness (QED) is 0.700. The third-order valence-corrected chi connectivity index (χ3v) is 5.38. The normalized spacial score (nSPS) is 14.8. The van der Waals surface area contributed by atoms with Gasteiger partial charge in [-0.3, -0.25) is 9.59 Å². The molecular weight excluding hydrogens is 366 g/mol. The number of nitrogens with one attached hydrogen (secondary N) is 1. The van der Waals surface area contributed by atoms with E-state index in [0.29, 0.717) is 32.5 Å². The first-order valence-corrected chi connectivity index (χ1v) is 10.1. The summed E-state index contributed by atoms with van der Waals surface area (Å²) in [5, 5.41) is 2.84. The molecule has 1 fully saturated rings. The highest BCUT2D eigenvalue weighted by Gasteiger charge is 2.26. The summed E-state index contributed by atoms with van der Waals surface area (Å²) in [6, 6.07) is 17.4. The average Bonchev–Trinajstić information content (AvgIpc) is 3.19. The Bertz CT molecular complexity index is 942. The number of fused-ring (bicyclic) bond motifs is 1. The van der Waals surface area contributed by atoms with Crippen LogP contribution in [0.3, 0.4) is 0 Å². The van der Waals surface area contributed by atoms with Gasteiger partial charge in [0.1, 0.15) is 5.52 Å². The highest BCUT2D eigenvalue weighted by molar-refractivity contribution is 5.80. The van der Waals surface area contributed by atoms with E-state index in [4.69, 9.17) is 4.42 Å². The topological polar surface area (TPSA) is 75.4 Å². The maximum absolute atomic E-state index is 12.5. The van der Waals surface area contributed by atoms with Crippen molar-refractivity contribution in [2.75, 3.05) is 19.6 Å². The number of aromatic nitrogens is 1. The Morgan fingerprint density at radius 1 is 1.03 bits per heavy atom. The second kappa shape index (κ2) is 8.90. The van der Waals surface area contributed by atoms with Crippen LogP contribution in [-0.2, 0) is 16.0 Å². The number of nitrogens with zero attached hydrogens (tertiary/aromatic N) is 2. The summed E-state index contributed by atoms with van der Waals surface area (Å²) < 4.78 is 5.88. The number of para-hydroxylation sites is 2. The van der Waals surface area contributed by atoms with Crippen molar-refractivity contribution in [3.8, 4) is 0 Å². The number of carbonyl (C=O) groups excluding carboxylic acids is 2. The van der Waals surface area contributed by atoms with Gasteiger partial charge in [0.2, 0.25) is 11.8 Å². The number of hydrogen-bond donors (Lipinski definition) is 1. The molecule has 0 bridgehead atoms. The molecule has 0 saturated carbocycles. The van der Waals surface area contributed by atoms with Crippen molar-refractivity contribution in [3.05, 3.63) is 66.1 Å². The summed E-state index contributed by atoms with van der Waals surface area (Å²) >= 11 is 0. The van der Waals surface area contributed by atoms with Crippen molar-refractivity contribution in [2.45, 2.75) is 31.6 Å². The van der Waals surface area contributed by atoms with Gasteiger partial charge in [-0.1, -0.05) is 42.5 Å². The highest BCUT2D eigenvalue weighted by atomic mass is 16.3. The summed E-state index contributed by atoms with van der Waals surface area (Å²) in [4.78, 5) is 30.9. The molecule has 1 saturated heterocycles.